The van der Waals surface area contributed by atoms with Gasteiger partial charge < -0.3 is 5.11 Å². The Hall–Kier alpha value is -3.39. The third-order valence-electron chi connectivity index (χ3n) is 3.31. The summed E-state index contributed by atoms with van der Waals surface area (Å²) in [5.41, 5.74) is 3.29. The molecule has 0 aliphatic carbocycles. The minimum absolute atomic E-state index is 0.256. The Bertz CT molecular complexity index is 915. The molecule has 0 fully saturated rings. The van der Waals surface area contributed by atoms with E-state index in [1.807, 2.05) is 18.2 Å². The SMILES string of the molecule is N#Cc1ccc2c(C=Cc3ccc(C(=O)O)cc3)n[nH]c2c1. The molecule has 1 aromatic heterocycles. The van der Waals surface area contributed by atoms with Crippen molar-refractivity contribution in [1.29, 1.82) is 5.26 Å². The number of fused-ring (bicyclic) bond motifs is 1. The number of hydrogen-bond donors (Lipinski definition) is 2. The molecule has 0 saturated carbocycles. The maximum absolute atomic E-state index is 10.8. The van der Waals surface area contributed by atoms with E-state index in [4.69, 9.17) is 10.4 Å². The molecule has 2 aromatic carbocycles. The number of nitrogens with zero attached hydrogens (tertiary/aromatic N) is 2. The van der Waals surface area contributed by atoms with Crippen molar-refractivity contribution in [2.75, 3.05) is 0 Å². The monoisotopic (exact) mass is 289 g/mol. The Morgan fingerprint density at radius 3 is 2.64 bits per heavy atom. The van der Waals surface area contributed by atoms with Crippen LogP contribution in [0.3, 0.4) is 0 Å². The van der Waals surface area contributed by atoms with Crippen LogP contribution in [-0.4, -0.2) is 21.3 Å². The van der Waals surface area contributed by atoms with Gasteiger partial charge in [0, 0.05) is 5.39 Å². The minimum atomic E-state index is -0.942. The van der Waals surface area contributed by atoms with Crippen LogP contribution in [0.5, 0.6) is 0 Å². The molecule has 0 unspecified atom stereocenters. The number of carboxylic acids is 1. The highest BCUT2D eigenvalue weighted by Gasteiger charge is 2.04. The Morgan fingerprint density at radius 1 is 1.18 bits per heavy atom. The summed E-state index contributed by atoms with van der Waals surface area (Å²) in [4.78, 5) is 10.8. The topological polar surface area (TPSA) is 89.8 Å². The average Bonchev–Trinajstić information content (AvgIpc) is 2.95. The first kappa shape index (κ1) is 13.6. The third kappa shape index (κ3) is 2.58. The molecule has 0 aliphatic heterocycles. The number of carboxylic acid groups (broad SMARTS) is 1. The summed E-state index contributed by atoms with van der Waals surface area (Å²) in [6, 6.07) is 14.0. The molecule has 2 N–H and O–H groups in total. The lowest BCUT2D eigenvalue weighted by Crippen LogP contribution is -1.94. The second kappa shape index (κ2) is 5.54. The van der Waals surface area contributed by atoms with E-state index in [9.17, 15) is 4.79 Å². The second-order valence-electron chi connectivity index (χ2n) is 4.74. The fourth-order valence-electron chi connectivity index (χ4n) is 2.15. The van der Waals surface area contributed by atoms with Gasteiger partial charge in [-0.1, -0.05) is 18.2 Å². The zero-order chi connectivity index (χ0) is 15.5. The molecule has 22 heavy (non-hydrogen) atoms. The first-order valence-corrected chi connectivity index (χ1v) is 6.57. The van der Waals surface area contributed by atoms with Crippen LogP contribution in [0, 0.1) is 11.3 Å². The molecule has 0 bridgehead atoms. The van der Waals surface area contributed by atoms with Crippen molar-refractivity contribution in [3.8, 4) is 6.07 Å². The van der Waals surface area contributed by atoms with E-state index in [1.54, 1.807) is 36.4 Å². The first-order chi connectivity index (χ1) is 10.7. The summed E-state index contributed by atoms with van der Waals surface area (Å²) in [5.74, 6) is -0.942. The van der Waals surface area contributed by atoms with Crippen molar-refractivity contribution >= 4 is 29.0 Å². The second-order valence-corrected chi connectivity index (χ2v) is 4.74. The van der Waals surface area contributed by atoms with Crippen LogP contribution in [0.2, 0.25) is 0 Å². The van der Waals surface area contributed by atoms with Gasteiger partial charge in [-0.15, -0.1) is 0 Å². The van der Waals surface area contributed by atoms with E-state index in [2.05, 4.69) is 16.3 Å². The van der Waals surface area contributed by atoms with Gasteiger partial charge >= 0.3 is 5.97 Å². The number of nitrogens with one attached hydrogen (secondary N) is 1. The van der Waals surface area contributed by atoms with E-state index in [-0.39, 0.29) is 5.56 Å². The van der Waals surface area contributed by atoms with E-state index >= 15 is 0 Å². The fraction of sp³-hybridized carbons (Fsp3) is 0. The average molecular weight is 289 g/mol. The zero-order valence-corrected chi connectivity index (χ0v) is 11.4. The number of H-pyrrole nitrogens is 1. The maximum Gasteiger partial charge on any atom is 0.335 e. The van der Waals surface area contributed by atoms with Crippen LogP contribution >= 0.6 is 0 Å². The van der Waals surface area contributed by atoms with Crippen molar-refractivity contribution in [3.05, 3.63) is 64.8 Å². The van der Waals surface area contributed by atoms with Crippen molar-refractivity contribution < 1.29 is 9.90 Å². The predicted molar refractivity (Wildman–Crippen MR) is 83.1 cm³/mol. The lowest BCUT2D eigenvalue weighted by Gasteiger charge is -1.96. The van der Waals surface area contributed by atoms with Gasteiger partial charge in [-0.25, -0.2) is 4.79 Å². The number of aromatic carboxylic acids is 1. The summed E-state index contributed by atoms with van der Waals surface area (Å²) >= 11 is 0. The highest BCUT2D eigenvalue weighted by molar-refractivity contribution is 5.90. The highest BCUT2D eigenvalue weighted by atomic mass is 16.4. The standard InChI is InChI=1S/C17H11N3O2/c18-10-12-3-7-14-15(19-20-16(14)9-12)8-4-11-1-5-13(6-2-11)17(21)22/h1-9H,(H,19,20)(H,21,22). The number of benzene rings is 2. The normalized spacial score (nSPS) is 10.9. The van der Waals surface area contributed by atoms with Gasteiger partial charge in [-0.2, -0.15) is 10.4 Å². The van der Waals surface area contributed by atoms with Crippen LogP contribution in [0.4, 0.5) is 0 Å². The Balaban J connectivity index is 1.89. The lowest BCUT2D eigenvalue weighted by molar-refractivity contribution is 0.0697. The van der Waals surface area contributed by atoms with Gasteiger partial charge in [-0.3, -0.25) is 5.10 Å². The molecule has 5 heteroatoms. The number of aromatic amines is 1. The number of carbonyl (C=O) groups is 1. The lowest BCUT2D eigenvalue weighted by atomic mass is 10.1. The molecular formula is C17H11N3O2. The van der Waals surface area contributed by atoms with E-state index in [0.717, 1.165) is 22.2 Å². The molecule has 0 aliphatic rings. The van der Waals surface area contributed by atoms with E-state index in [1.165, 1.54) is 0 Å². The Morgan fingerprint density at radius 2 is 1.95 bits per heavy atom. The van der Waals surface area contributed by atoms with Gasteiger partial charge in [-0.05, 0) is 42.0 Å². The number of rotatable bonds is 3. The van der Waals surface area contributed by atoms with Crippen molar-refractivity contribution in [3.63, 3.8) is 0 Å². The molecule has 5 nitrogen and oxygen atoms in total. The van der Waals surface area contributed by atoms with Crippen LogP contribution in [0.25, 0.3) is 23.1 Å². The molecule has 0 radical (unpaired) electrons. The summed E-state index contributed by atoms with van der Waals surface area (Å²) in [5, 5.41) is 25.8. The van der Waals surface area contributed by atoms with Gasteiger partial charge in [0.2, 0.25) is 0 Å². The number of nitriles is 1. The largest absolute Gasteiger partial charge is 0.478 e. The fourth-order valence-corrected chi connectivity index (χ4v) is 2.15. The molecule has 0 atom stereocenters. The predicted octanol–water partition coefficient (Wildman–Crippen LogP) is 3.30. The number of hydrogen-bond acceptors (Lipinski definition) is 3. The summed E-state index contributed by atoms with van der Waals surface area (Å²) in [7, 11) is 0. The zero-order valence-electron chi connectivity index (χ0n) is 11.4. The van der Waals surface area contributed by atoms with Crippen molar-refractivity contribution in [1.82, 2.24) is 10.2 Å². The maximum atomic E-state index is 10.8. The molecule has 3 aromatic rings. The van der Waals surface area contributed by atoms with E-state index in [0.29, 0.717) is 5.56 Å². The summed E-state index contributed by atoms with van der Waals surface area (Å²) in [6.45, 7) is 0. The molecule has 1 heterocycles. The third-order valence-corrected chi connectivity index (χ3v) is 3.31. The van der Waals surface area contributed by atoms with Gasteiger partial charge in [0.25, 0.3) is 0 Å². The summed E-state index contributed by atoms with van der Waals surface area (Å²) < 4.78 is 0. The van der Waals surface area contributed by atoms with Crippen molar-refractivity contribution in [2.45, 2.75) is 0 Å². The quantitative estimate of drug-likeness (QED) is 0.774. The smallest absolute Gasteiger partial charge is 0.335 e. The Labute approximate surface area is 126 Å². The minimum Gasteiger partial charge on any atom is -0.478 e. The van der Waals surface area contributed by atoms with Gasteiger partial charge in [0.1, 0.15) is 0 Å². The highest BCUT2D eigenvalue weighted by Crippen LogP contribution is 2.19. The van der Waals surface area contributed by atoms with Crippen LogP contribution in [0.1, 0.15) is 27.2 Å². The molecule has 0 saturated heterocycles. The molecular weight excluding hydrogens is 278 g/mol. The number of aromatic nitrogens is 2. The molecule has 0 amide bonds. The van der Waals surface area contributed by atoms with E-state index < -0.39 is 5.97 Å². The van der Waals surface area contributed by atoms with Crippen LogP contribution < -0.4 is 0 Å². The van der Waals surface area contributed by atoms with Crippen LogP contribution in [0.15, 0.2) is 42.5 Å². The molecule has 0 spiro atoms. The van der Waals surface area contributed by atoms with Gasteiger partial charge in [0.15, 0.2) is 0 Å². The van der Waals surface area contributed by atoms with Crippen molar-refractivity contribution in [2.24, 2.45) is 0 Å². The van der Waals surface area contributed by atoms with Gasteiger partial charge in [0.05, 0.1) is 28.4 Å². The molecule has 3 rings (SSSR count). The molecule has 106 valence electrons. The Kier molecular flexibility index (Phi) is 3.42. The first-order valence-electron chi connectivity index (χ1n) is 6.57. The summed E-state index contributed by atoms with van der Waals surface area (Å²) in [6.07, 6.45) is 3.71. The van der Waals surface area contributed by atoms with Crippen LogP contribution in [-0.2, 0) is 0 Å².